The molecule has 0 atom stereocenters. The van der Waals surface area contributed by atoms with E-state index in [0.29, 0.717) is 22.0 Å². The molecule has 2 rings (SSSR count). The summed E-state index contributed by atoms with van der Waals surface area (Å²) in [4.78, 5) is 12.1. The number of hydrogen-bond donors (Lipinski definition) is 2. The van der Waals surface area contributed by atoms with Gasteiger partial charge in [-0.2, -0.15) is 0 Å². The predicted octanol–water partition coefficient (Wildman–Crippen LogP) is 3.94. The number of amides is 1. The molecule has 1 amide bonds. The fraction of sp³-hybridized carbons (Fsp3) is 0. The van der Waals surface area contributed by atoms with Crippen molar-refractivity contribution in [3.8, 4) is 0 Å². The van der Waals surface area contributed by atoms with Gasteiger partial charge in [0.25, 0.3) is 5.91 Å². The van der Waals surface area contributed by atoms with Crippen molar-refractivity contribution < 1.29 is 4.79 Å². The van der Waals surface area contributed by atoms with Gasteiger partial charge in [0.2, 0.25) is 0 Å². The summed E-state index contributed by atoms with van der Waals surface area (Å²) in [5.41, 5.74) is 7.23. The average molecular weight is 326 g/mol. The quantitative estimate of drug-likeness (QED) is 0.822. The molecule has 0 radical (unpaired) electrons. The van der Waals surface area contributed by atoms with Crippen LogP contribution in [-0.4, -0.2) is 5.91 Å². The lowest BCUT2D eigenvalue weighted by Gasteiger charge is -2.09. The summed E-state index contributed by atoms with van der Waals surface area (Å²) in [7, 11) is 0. The first kappa shape index (κ1) is 12.9. The molecule has 3 nitrogen and oxygen atoms in total. The second kappa shape index (κ2) is 5.42. The zero-order chi connectivity index (χ0) is 13.1. The second-order valence-electron chi connectivity index (χ2n) is 3.67. The fourth-order valence-corrected chi connectivity index (χ4v) is 2.04. The van der Waals surface area contributed by atoms with Gasteiger partial charge in [0.1, 0.15) is 0 Å². The van der Waals surface area contributed by atoms with Crippen LogP contribution in [0.4, 0.5) is 11.4 Å². The molecular weight excluding hydrogens is 316 g/mol. The Bertz CT molecular complexity index is 601. The summed E-state index contributed by atoms with van der Waals surface area (Å²) in [5.74, 6) is -0.292. The minimum Gasteiger partial charge on any atom is -0.397 e. The molecule has 0 saturated carbocycles. The number of hydrogen-bond acceptors (Lipinski definition) is 2. The number of rotatable bonds is 2. The third-order valence-corrected chi connectivity index (χ3v) is 3.20. The Morgan fingerprint density at radius 1 is 1.22 bits per heavy atom. The van der Waals surface area contributed by atoms with Crippen LogP contribution >= 0.6 is 27.5 Å². The normalized spacial score (nSPS) is 10.1. The van der Waals surface area contributed by atoms with Gasteiger partial charge in [-0.15, -0.1) is 0 Å². The Morgan fingerprint density at radius 2 is 1.94 bits per heavy atom. The van der Waals surface area contributed by atoms with Crippen LogP contribution in [0.1, 0.15) is 10.4 Å². The van der Waals surface area contributed by atoms with Gasteiger partial charge in [0.05, 0.1) is 22.0 Å². The molecule has 18 heavy (non-hydrogen) atoms. The van der Waals surface area contributed by atoms with Crippen molar-refractivity contribution >= 4 is 44.8 Å². The molecule has 0 aromatic heterocycles. The molecule has 0 aliphatic heterocycles. The number of nitrogens with two attached hydrogens (primary N) is 1. The molecule has 0 bridgehead atoms. The Labute approximate surface area is 118 Å². The summed E-state index contributed by atoms with van der Waals surface area (Å²) in [6.07, 6.45) is 0. The van der Waals surface area contributed by atoms with E-state index >= 15 is 0 Å². The van der Waals surface area contributed by atoms with Gasteiger partial charge < -0.3 is 11.1 Å². The predicted molar refractivity (Wildman–Crippen MR) is 78.0 cm³/mol. The maximum atomic E-state index is 12.1. The average Bonchev–Trinajstić information content (AvgIpc) is 2.35. The first-order valence-electron chi connectivity index (χ1n) is 5.19. The van der Waals surface area contributed by atoms with Gasteiger partial charge in [0.15, 0.2) is 0 Å². The van der Waals surface area contributed by atoms with Gasteiger partial charge in [-0.3, -0.25) is 4.79 Å². The minimum atomic E-state index is -0.292. The zero-order valence-corrected chi connectivity index (χ0v) is 11.6. The third kappa shape index (κ3) is 2.83. The van der Waals surface area contributed by atoms with Crippen molar-refractivity contribution in [3.05, 3.63) is 57.5 Å². The van der Waals surface area contributed by atoms with Crippen molar-refractivity contribution in [3.63, 3.8) is 0 Å². The van der Waals surface area contributed by atoms with Gasteiger partial charge in [-0.25, -0.2) is 0 Å². The van der Waals surface area contributed by atoms with Crippen LogP contribution in [0.15, 0.2) is 46.9 Å². The molecule has 3 N–H and O–H groups in total. The standard InChI is InChI=1S/C13H10BrClN2O/c14-8-5-6-10(15)9(7-8)13(18)17-12-4-2-1-3-11(12)16/h1-7H,16H2,(H,17,18). The minimum absolute atomic E-state index is 0.292. The van der Waals surface area contributed by atoms with Crippen LogP contribution in [-0.2, 0) is 0 Å². The van der Waals surface area contributed by atoms with Gasteiger partial charge in [0, 0.05) is 4.47 Å². The van der Waals surface area contributed by atoms with Crippen molar-refractivity contribution in [2.24, 2.45) is 0 Å². The third-order valence-electron chi connectivity index (χ3n) is 2.38. The summed E-state index contributed by atoms with van der Waals surface area (Å²) >= 11 is 9.29. The van der Waals surface area contributed by atoms with Gasteiger partial charge in [-0.05, 0) is 30.3 Å². The van der Waals surface area contributed by atoms with Crippen molar-refractivity contribution in [1.82, 2.24) is 0 Å². The molecule has 0 spiro atoms. The first-order chi connectivity index (χ1) is 8.58. The number of benzene rings is 2. The smallest absolute Gasteiger partial charge is 0.257 e. The van der Waals surface area contributed by atoms with Crippen LogP contribution in [0.5, 0.6) is 0 Å². The molecule has 5 heteroatoms. The molecule has 0 aliphatic rings. The van der Waals surface area contributed by atoms with Crippen LogP contribution < -0.4 is 11.1 Å². The second-order valence-corrected chi connectivity index (χ2v) is 4.99. The summed E-state index contributed by atoms with van der Waals surface area (Å²) in [6, 6.07) is 12.2. The van der Waals surface area contributed by atoms with E-state index in [4.69, 9.17) is 17.3 Å². The monoisotopic (exact) mass is 324 g/mol. The Morgan fingerprint density at radius 3 is 2.67 bits per heavy atom. The molecule has 0 aliphatic carbocycles. The summed E-state index contributed by atoms with van der Waals surface area (Å²) in [6.45, 7) is 0. The van der Waals surface area contributed by atoms with E-state index < -0.39 is 0 Å². The largest absolute Gasteiger partial charge is 0.397 e. The highest BCUT2D eigenvalue weighted by atomic mass is 79.9. The number of anilines is 2. The van der Waals surface area contributed by atoms with E-state index in [9.17, 15) is 4.79 Å². The lowest BCUT2D eigenvalue weighted by Crippen LogP contribution is -2.13. The van der Waals surface area contributed by atoms with Crippen molar-refractivity contribution in [2.45, 2.75) is 0 Å². The highest BCUT2D eigenvalue weighted by molar-refractivity contribution is 9.10. The van der Waals surface area contributed by atoms with E-state index in [2.05, 4.69) is 21.2 Å². The van der Waals surface area contributed by atoms with E-state index in [-0.39, 0.29) is 5.91 Å². The van der Waals surface area contributed by atoms with Crippen LogP contribution in [0.3, 0.4) is 0 Å². The Hall–Kier alpha value is -1.52. The lowest BCUT2D eigenvalue weighted by molar-refractivity contribution is 0.102. The topological polar surface area (TPSA) is 55.1 Å². The molecule has 2 aromatic rings. The Kier molecular flexibility index (Phi) is 3.89. The zero-order valence-electron chi connectivity index (χ0n) is 9.28. The van der Waals surface area contributed by atoms with Crippen molar-refractivity contribution in [1.29, 1.82) is 0 Å². The number of para-hydroxylation sites is 2. The van der Waals surface area contributed by atoms with Crippen LogP contribution in [0.2, 0.25) is 5.02 Å². The van der Waals surface area contributed by atoms with Crippen LogP contribution in [0, 0.1) is 0 Å². The lowest BCUT2D eigenvalue weighted by atomic mass is 10.2. The van der Waals surface area contributed by atoms with Crippen molar-refractivity contribution in [2.75, 3.05) is 11.1 Å². The highest BCUT2D eigenvalue weighted by Crippen LogP contribution is 2.23. The van der Waals surface area contributed by atoms with Gasteiger partial charge >= 0.3 is 0 Å². The SMILES string of the molecule is Nc1ccccc1NC(=O)c1cc(Br)ccc1Cl. The van der Waals surface area contributed by atoms with E-state index in [1.165, 1.54) is 0 Å². The number of nitrogen functional groups attached to an aromatic ring is 1. The fourth-order valence-electron chi connectivity index (χ4n) is 1.47. The molecule has 0 heterocycles. The molecular formula is C13H10BrClN2O. The number of nitrogens with one attached hydrogen (secondary N) is 1. The van der Waals surface area contributed by atoms with E-state index in [0.717, 1.165) is 4.47 Å². The molecule has 92 valence electrons. The molecule has 0 unspecified atom stereocenters. The maximum Gasteiger partial charge on any atom is 0.257 e. The Balaban J connectivity index is 2.28. The highest BCUT2D eigenvalue weighted by Gasteiger charge is 2.12. The molecule has 2 aromatic carbocycles. The van der Waals surface area contributed by atoms with E-state index in [1.807, 2.05) is 0 Å². The van der Waals surface area contributed by atoms with E-state index in [1.54, 1.807) is 42.5 Å². The summed E-state index contributed by atoms with van der Waals surface area (Å²) < 4.78 is 0.790. The van der Waals surface area contributed by atoms with Crippen LogP contribution in [0.25, 0.3) is 0 Å². The number of carbonyl (C=O) groups excluding carboxylic acids is 1. The van der Waals surface area contributed by atoms with Gasteiger partial charge in [-0.1, -0.05) is 39.7 Å². The first-order valence-corrected chi connectivity index (χ1v) is 6.36. The number of halogens is 2. The number of carbonyl (C=O) groups is 1. The summed E-state index contributed by atoms with van der Waals surface area (Å²) in [5, 5.41) is 3.12. The maximum absolute atomic E-state index is 12.1. The molecule has 0 saturated heterocycles. The molecule has 0 fully saturated rings.